The summed E-state index contributed by atoms with van der Waals surface area (Å²) in [6, 6.07) is 5.06. The molecule has 1 aliphatic heterocycles. The van der Waals surface area contributed by atoms with E-state index in [1.54, 1.807) is 12.1 Å². The fraction of sp³-hybridized carbons (Fsp3) is 0.571. The normalized spacial score (nSPS) is 18.6. The van der Waals surface area contributed by atoms with Crippen molar-refractivity contribution in [1.29, 1.82) is 0 Å². The lowest BCUT2D eigenvalue weighted by Gasteiger charge is -2.17. The van der Waals surface area contributed by atoms with Crippen LogP contribution in [0.15, 0.2) is 18.2 Å². The van der Waals surface area contributed by atoms with E-state index in [2.05, 4.69) is 9.64 Å². The van der Waals surface area contributed by atoms with Crippen molar-refractivity contribution in [3.05, 3.63) is 23.8 Å². The van der Waals surface area contributed by atoms with Crippen molar-refractivity contribution in [2.24, 2.45) is 11.7 Å². The number of rotatable bonds is 6. The Morgan fingerprint density at radius 3 is 2.71 bits per heavy atom. The zero-order valence-electron chi connectivity index (χ0n) is 11.9. The maximum Gasteiger partial charge on any atom is 0.387 e. The van der Waals surface area contributed by atoms with Crippen molar-refractivity contribution in [3.8, 4) is 11.5 Å². The minimum absolute atomic E-state index is 0. The molecule has 0 amide bonds. The highest BCUT2D eigenvalue weighted by Crippen LogP contribution is 2.30. The topological polar surface area (TPSA) is 47.7 Å². The van der Waals surface area contributed by atoms with Crippen LogP contribution in [0.1, 0.15) is 12.0 Å². The molecule has 1 atom stereocenters. The monoisotopic (exact) mass is 322 g/mol. The molecule has 1 heterocycles. The second kappa shape index (κ2) is 8.36. The lowest BCUT2D eigenvalue weighted by atomic mass is 10.1. The lowest BCUT2D eigenvalue weighted by Crippen LogP contribution is -2.22. The molecule has 0 aromatic heterocycles. The van der Waals surface area contributed by atoms with Gasteiger partial charge in [-0.05, 0) is 43.1 Å². The molecule has 2 N–H and O–H groups in total. The molecule has 1 aromatic rings. The van der Waals surface area contributed by atoms with E-state index in [4.69, 9.17) is 10.5 Å². The zero-order valence-corrected chi connectivity index (χ0v) is 12.7. The summed E-state index contributed by atoms with van der Waals surface area (Å²) < 4.78 is 34.0. The predicted octanol–water partition coefficient (Wildman–Crippen LogP) is 2.50. The Hall–Kier alpha value is -1.11. The van der Waals surface area contributed by atoms with E-state index >= 15 is 0 Å². The minimum atomic E-state index is -2.85. The molecule has 1 fully saturated rings. The third-order valence-corrected chi connectivity index (χ3v) is 3.55. The van der Waals surface area contributed by atoms with Gasteiger partial charge in [0.25, 0.3) is 0 Å². The third kappa shape index (κ3) is 4.98. The van der Waals surface area contributed by atoms with E-state index in [1.165, 1.54) is 13.2 Å². The molecule has 2 rings (SSSR count). The summed E-state index contributed by atoms with van der Waals surface area (Å²) in [4.78, 5) is 2.31. The van der Waals surface area contributed by atoms with Crippen LogP contribution < -0.4 is 15.2 Å². The Bertz CT molecular complexity index is 449. The number of nitrogens with zero attached hydrogens (tertiary/aromatic N) is 1. The minimum Gasteiger partial charge on any atom is -0.493 e. The first kappa shape index (κ1) is 17.9. The molecule has 1 aliphatic rings. The second-order valence-electron chi connectivity index (χ2n) is 4.99. The number of ether oxygens (including phenoxy) is 2. The molecule has 1 aromatic carbocycles. The Kier molecular flexibility index (Phi) is 7.14. The smallest absolute Gasteiger partial charge is 0.387 e. The Morgan fingerprint density at radius 1 is 1.38 bits per heavy atom. The van der Waals surface area contributed by atoms with Gasteiger partial charge in [0.05, 0.1) is 7.11 Å². The van der Waals surface area contributed by atoms with Crippen molar-refractivity contribution < 1.29 is 18.3 Å². The van der Waals surface area contributed by atoms with Gasteiger partial charge in [-0.3, -0.25) is 4.90 Å². The van der Waals surface area contributed by atoms with Crippen molar-refractivity contribution in [3.63, 3.8) is 0 Å². The number of halogens is 3. The zero-order chi connectivity index (χ0) is 14.5. The van der Waals surface area contributed by atoms with Crippen LogP contribution in [-0.4, -0.2) is 38.3 Å². The van der Waals surface area contributed by atoms with E-state index in [-0.39, 0.29) is 18.2 Å². The van der Waals surface area contributed by atoms with Crippen LogP contribution in [0.4, 0.5) is 8.78 Å². The largest absolute Gasteiger partial charge is 0.493 e. The van der Waals surface area contributed by atoms with Crippen molar-refractivity contribution in [2.45, 2.75) is 19.6 Å². The van der Waals surface area contributed by atoms with Crippen LogP contribution in [0.2, 0.25) is 0 Å². The molecule has 0 bridgehead atoms. The number of hydrogen-bond acceptors (Lipinski definition) is 4. The fourth-order valence-corrected chi connectivity index (χ4v) is 2.51. The number of nitrogens with two attached hydrogens (primary N) is 1. The highest BCUT2D eigenvalue weighted by Gasteiger charge is 2.21. The number of methoxy groups -OCH3 is 1. The van der Waals surface area contributed by atoms with Gasteiger partial charge < -0.3 is 15.2 Å². The fourth-order valence-electron chi connectivity index (χ4n) is 2.51. The molecular formula is C14H21ClF2N2O2. The molecule has 1 saturated heterocycles. The number of hydrogen-bond donors (Lipinski definition) is 1. The standard InChI is InChI=1S/C14H20F2N2O2.ClH/c1-19-13-6-10(2-3-12(13)20-14(15)16)8-18-5-4-11(7-17)9-18;/h2-3,6,11,14H,4-5,7-9,17H2,1H3;1H. The first-order chi connectivity index (χ1) is 9.62. The summed E-state index contributed by atoms with van der Waals surface area (Å²) in [6.07, 6.45) is 1.11. The van der Waals surface area contributed by atoms with Crippen LogP contribution in [0, 0.1) is 5.92 Å². The van der Waals surface area contributed by atoms with Gasteiger partial charge in [-0.2, -0.15) is 8.78 Å². The van der Waals surface area contributed by atoms with E-state index in [0.717, 1.165) is 31.6 Å². The molecule has 120 valence electrons. The maximum atomic E-state index is 12.2. The first-order valence-corrected chi connectivity index (χ1v) is 6.66. The lowest BCUT2D eigenvalue weighted by molar-refractivity contribution is -0.0512. The van der Waals surface area contributed by atoms with Crippen molar-refractivity contribution in [2.75, 3.05) is 26.7 Å². The molecule has 0 saturated carbocycles. The average molecular weight is 323 g/mol. The molecule has 0 radical (unpaired) electrons. The predicted molar refractivity (Wildman–Crippen MR) is 79.3 cm³/mol. The van der Waals surface area contributed by atoms with Gasteiger partial charge in [0.1, 0.15) is 0 Å². The van der Waals surface area contributed by atoms with Gasteiger partial charge in [-0.15, -0.1) is 12.4 Å². The Labute approximate surface area is 129 Å². The van der Waals surface area contributed by atoms with Crippen molar-refractivity contribution >= 4 is 12.4 Å². The number of alkyl halides is 2. The van der Waals surface area contributed by atoms with E-state index in [0.29, 0.717) is 18.2 Å². The van der Waals surface area contributed by atoms with E-state index in [9.17, 15) is 8.78 Å². The Balaban J connectivity index is 0.00000220. The maximum absolute atomic E-state index is 12.2. The second-order valence-corrected chi connectivity index (χ2v) is 4.99. The highest BCUT2D eigenvalue weighted by molar-refractivity contribution is 5.85. The summed E-state index contributed by atoms with van der Waals surface area (Å²) in [5, 5.41) is 0. The Morgan fingerprint density at radius 2 is 2.14 bits per heavy atom. The molecular weight excluding hydrogens is 302 g/mol. The average Bonchev–Trinajstić information content (AvgIpc) is 2.87. The first-order valence-electron chi connectivity index (χ1n) is 6.66. The van der Waals surface area contributed by atoms with Crippen LogP contribution in [0.25, 0.3) is 0 Å². The SMILES string of the molecule is COc1cc(CN2CCC(CN)C2)ccc1OC(F)F.Cl. The van der Waals surface area contributed by atoms with Crippen LogP contribution in [-0.2, 0) is 6.54 Å². The summed E-state index contributed by atoms with van der Waals surface area (Å²) in [5.74, 6) is 0.947. The molecule has 21 heavy (non-hydrogen) atoms. The highest BCUT2D eigenvalue weighted by atomic mass is 35.5. The van der Waals surface area contributed by atoms with Gasteiger partial charge in [0, 0.05) is 13.1 Å². The van der Waals surface area contributed by atoms with Gasteiger partial charge >= 0.3 is 6.61 Å². The van der Waals surface area contributed by atoms with Crippen LogP contribution in [0.5, 0.6) is 11.5 Å². The quantitative estimate of drug-likeness (QED) is 0.874. The van der Waals surface area contributed by atoms with Gasteiger partial charge in [0.2, 0.25) is 0 Å². The van der Waals surface area contributed by atoms with Crippen LogP contribution >= 0.6 is 12.4 Å². The molecule has 4 nitrogen and oxygen atoms in total. The summed E-state index contributed by atoms with van der Waals surface area (Å²) in [6.45, 7) is 0.620. The summed E-state index contributed by atoms with van der Waals surface area (Å²) in [5.41, 5.74) is 6.68. The number of likely N-dealkylation sites (tertiary alicyclic amines) is 1. The van der Waals surface area contributed by atoms with Gasteiger partial charge in [0.15, 0.2) is 11.5 Å². The van der Waals surface area contributed by atoms with Gasteiger partial charge in [-0.1, -0.05) is 6.07 Å². The molecule has 0 spiro atoms. The molecule has 7 heteroatoms. The summed E-state index contributed by atoms with van der Waals surface area (Å²) >= 11 is 0. The van der Waals surface area contributed by atoms with E-state index in [1.807, 2.05) is 0 Å². The number of benzene rings is 1. The van der Waals surface area contributed by atoms with Crippen molar-refractivity contribution in [1.82, 2.24) is 4.90 Å². The summed E-state index contributed by atoms with van der Waals surface area (Å²) in [7, 11) is 1.44. The molecule has 0 aliphatic carbocycles. The van der Waals surface area contributed by atoms with E-state index < -0.39 is 6.61 Å². The van der Waals surface area contributed by atoms with Crippen LogP contribution in [0.3, 0.4) is 0 Å². The third-order valence-electron chi connectivity index (χ3n) is 3.55. The molecule has 1 unspecified atom stereocenters. The van der Waals surface area contributed by atoms with Gasteiger partial charge in [-0.25, -0.2) is 0 Å².